The van der Waals surface area contributed by atoms with Gasteiger partial charge in [0.25, 0.3) is 0 Å². The molecule has 0 aromatic carbocycles. The number of nitriles is 1. The van der Waals surface area contributed by atoms with Crippen LogP contribution < -0.4 is 5.32 Å². The molecule has 16 heavy (non-hydrogen) atoms. The number of nitrogens with one attached hydrogen (secondary N) is 1. The summed E-state index contributed by atoms with van der Waals surface area (Å²) in [5.74, 6) is 0. The van der Waals surface area contributed by atoms with Gasteiger partial charge in [-0.05, 0) is 33.6 Å². The Bertz CT molecular complexity index is 248. The molecule has 92 valence electrons. The average Bonchev–Trinajstić information content (AvgIpc) is 3.07. The predicted octanol–water partition coefficient (Wildman–Crippen LogP) is 1.46. The van der Waals surface area contributed by atoms with Crippen molar-refractivity contribution < 1.29 is 9.47 Å². The van der Waals surface area contributed by atoms with E-state index in [9.17, 15) is 0 Å². The van der Waals surface area contributed by atoms with E-state index in [1.807, 2.05) is 20.8 Å². The molecule has 4 nitrogen and oxygen atoms in total. The van der Waals surface area contributed by atoms with E-state index in [0.29, 0.717) is 25.9 Å². The second-order valence-electron chi connectivity index (χ2n) is 4.64. The Morgan fingerprint density at radius 2 is 2.25 bits per heavy atom. The maximum Gasteiger partial charge on any atom is 0.127 e. The summed E-state index contributed by atoms with van der Waals surface area (Å²) in [7, 11) is 0. The molecule has 2 unspecified atom stereocenters. The van der Waals surface area contributed by atoms with Gasteiger partial charge in [-0.25, -0.2) is 0 Å². The fourth-order valence-electron chi connectivity index (χ4n) is 1.43. The zero-order valence-corrected chi connectivity index (χ0v) is 10.5. The van der Waals surface area contributed by atoms with E-state index in [0.717, 1.165) is 0 Å². The van der Waals surface area contributed by atoms with Crippen LogP contribution in [0.15, 0.2) is 0 Å². The highest BCUT2D eigenvalue weighted by molar-refractivity contribution is 5.07. The van der Waals surface area contributed by atoms with E-state index in [1.165, 1.54) is 12.8 Å². The molecule has 1 N–H and O–H groups in total. The summed E-state index contributed by atoms with van der Waals surface area (Å²) in [4.78, 5) is 0. The maximum absolute atomic E-state index is 9.13. The van der Waals surface area contributed by atoms with Crippen molar-refractivity contribution in [1.29, 1.82) is 5.26 Å². The molecule has 4 heteroatoms. The third-order valence-corrected chi connectivity index (χ3v) is 2.56. The van der Waals surface area contributed by atoms with Crippen molar-refractivity contribution in [3.8, 4) is 6.07 Å². The van der Waals surface area contributed by atoms with Crippen LogP contribution in [0.1, 0.15) is 33.6 Å². The minimum atomic E-state index is -0.568. The summed E-state index contributed by atoms with van der Waals surface area (Å²) >= 11 is 0. The van der Waals surface area contributed by atoms with E-state index >= 15 is 0 Å². The molecule has 0 aromatic rings. The highest BCUT2D eigenvalue weighted by Crippen LogP contribution is 2.22. The predicted molar refractivity (Wildman–Crippen MR) is 62.1 cm³/mol. The molecule has 0 saturated heterocycles. The quantitative estimate of drug-likeness (QED) is 0.681. The van der Waals surface area contributed by atoms with E-state index in [4.69, 9.17) is 14.7 Å². The van der Waals surface area contributed by atoms with Gasteiger partial charge in [0, 0.05) is 12.6 Å². The Balaban J connectivity index is 2.24. The van der Waals surface area contributed by atoms with Crippen LogP contribution in [0.2, 0.25) is 0 Å². The Morgan fingerprint density at radius 3 is 2.75 bits per heavy atom. The van der Waals surface area contributed by atoms with Crippen molar-refractivity contribution in [2.75, 3.05) is 19.8 Å². The molecule has 1 aliphatic carbocycles. The average molecular weight is 226 g/mol. The lowest BCUT2D eigenvalue weighted by Gasteiger charge is -2.25. The normalized spacial score (nSPS) is 21.1. The van der Waals surface area contributed by atoms with Crippen LogP contribution in [0, 0.1) is 11.3 Å². The lowest BCUT2D eigenvalue weighted by molar-refractivity contribution is -0.0180. The van der Waals surface area contributed by atoms with Crippen molar-refractivity contribution in [2.45, 2.75) is 51.3 Å². The molecule has 0 radical (unpaired) electrons. The minimum absolute atomic E-state index is 0.0358. The van der Waals surface area contributed by atoms with Crippen molar-refractivity contribution >= 4 is 0 Å². The minimum Gasteiger partial charge on any atom is -0.379 e. The monoisotopic (exact) mass is 226 g/mol. The first-order valence-corrected chi connectivity index (χ1v) is 5.98. The molecule has 0 spiro atoms. The zero-order chi connectivity index (χ0) is 12.0. The van der Waals surface area contributed by atoms with Crippen LogP contribution in [-0.2, 0) is 9.47 Å². The smallest absolute Gasteiger partial charge is 0.127 e. The molecule has 0 bridgehead atoms. The summed E-state index contributed by atoms with van der Waals surface area (Å²) in [5, 5.41) is 12.4. The van der Waals surface area contributed by atoms with Gasteiger partial charge in [0.1, 0.15) is 5.54 Å². The summed E-state index contributed by atoms with van der Waals surface area (Å²) in [5.41, 5.74) is -0.568. The number of nitrogens with zero attached hydrogens (tertiary/aromatic N) is 1. The van der Waals surface area contributed by atoms with Crippen molar-refractivity contribution in [2.24, 2.45) is 0 Å². The summed E-state index contributed by atoms with van der Waals surface area (Å²) < 4.78 is 10.9. The van der Waals surface area contributed by atoms with Gasteiger partial charge in [-0.15, -0.1) is 0 Å². The van der Waals surface area contributed by atoms with E-state index < -0.39 is 5.54 Å². The third kappa shape index (κ3) is 4.93. The Hall–Kier alpha value is -0.630. The second-order valence-corrected chi connectivity index (χ2v) is 4.64. The first-order chi connectivity index (χ1) is 7.59. The molecule has 0 heterocycles. The molecular formula is C12H22N2O2. The number of hydrogen-bond acceptors (Lipinski definition) is 4. The lowest BCUT2D eigenvalue weighted by Crippen LogP contribution is -2.47. The van der Waals surface area contributed by atoms with E-state index in [2.05, 4.69) is 11.4 Å². The van der Waals surface area contributed by atoms with Gasteiger partial charge in [-0.3, -0.25) is 5.32 Å². The van der Waals surface area contributed by atoms with Gasteiger partial charge in [-0.1, -0.05) is 0 Å². The molecule has 1 saturated carbocycles. The third-order valence-electron chi connectivity index (χ3n) is 2.56. The number of rotatable bonds is 8. The van der Waals surface area contributed by atoms with Crippen molar-refractivity contribution in [3.63, 3.8) is 0 Å². The molecule has 1 aliphatic rings. The topological polar surface area (TPSA) is 54.3 Å². The van der Waals surface area contributed by atoms with Crippen LogP contribution in [0.4, 0.5) is 0 Å². The van der Waals surface area contributed by atoms with E-state index in [-0.39, 0.29) is 6.10 Å². The van der Waals surface area contributed by atoms with Crippen LogP contribution in [0.25, 0.3) is 0 Å². The number of hydrogen-bond donors (Lipinski definition) is 1. The zero-order valence-electron chi connectivity index (χ0n) is 10.5. The Morgan fingerprint density at radius 1 is 1.56 bits per heavy atom. The summed E-state index contributed by atoms with van der Waals surface area (Å²) in [6.45, 7) is 7.50. The largest absolute Gasteiger partial charge is 0.379 e. The van der Waals surface area contributed by atoms with Crippen molar-refractivity contribution in [3.05, 3.63) is 0 Å². The molecule has 1 rings (SSSR count). The fourth-order valence-corrected chi connectivity index (χ4v) is 1.43. The van der Waals surface area contributed by atoms with Gasteiger partial charge >= 0.3 is 0 Å². The highest BCUT2D eigenvalue weighted by atomic mass is 16.5. The molecular weight excluding hydrogens is 204 g/mol. The van der Waals surface area contributed by atoms with Crippen LogP contribution in [0.5, 0.6) is 0 Å². The van der Waals surface area contributed by atoms with Gasteiger partial charge in [0.2, 0.25) is 0 Å². The summed E-state index contributed by atoms with van der Waals surface area (Å²) in [6.07, 6.45) is 2.38. The Kier molecular flexibility index (Phi) is 5.20. The van der Waals surface area contributed by atoms with Crippen LogP contribution >= 0.6 is 0 Å². The fraction of sp³-hybridized carbons (Fsp3) is 0.917. The number of ether oxygens (including phenoxy) is 2. The molecule has 0 aliphatic heterocycles. The molecule has 2 atom stereocenters. The molecule has 0 aromatic heterocycles. The van der Waals surface area contributed by atoms with Crippen LogP contribution in [-0.4, -0.2) is 37.5 Å². The first kappa shape index (κ1) is 13.4. The van der Waals surface area contributed by atoms with E-state index in [1.54, 1.807) is 0 Å². The van der Waals surface area contributed by atoms with Crippen molar-refractivity contribution in [1.82, 2.24) is 5.32 Å². The van der Waals surface area contributed by atoms with Gasteiger partial charge in [-0.2, -0.15) is 5.26 Å². The standard InChI is InChI=1S/C12H22N2O2/c1-4-15-7-10(2)16-9-12(3,8-13)14-11-5-6-11/h10-11,14H,4-7,9H2,1-3H3. The summed E-state index contributed by atoms with van der Waals surface area (Å²) in [6, 6.07) is 2.79. The second kappa shape index (κ2) is 6.19. The molecule has 0 amide bonds. The van der Waals surface area contributed by atoms with Crippen LogP contribution in [0.3, 0.4) is 0 Å². The first-order valence-electron chi connectivity index (χ1n) is 5.98. The SMILES string of the molecule is CCOCC(C)OCC(C)(C#N)NC1CC1. The van der Waals surface area contributed by atoms with Gasteiger partial charge in [0.05, 0.1) is 25.4 Å². The Labute approximate surface area is 97.9 Å². The maximum atomic E-state index is 9.13. The molecule has 1 fully saturated rings. The van der Waals surface area contributed by atoms with Gasteiger partial charge < -0.3 is 9.47 Å². The van der Waals surface area contributed by atoms with Gasteiger partial charge in [0.15, 0.2) is 0 Å². The highest BCUT2D eigenvalue weighted by Gasteiger charge is 2.33. The lowest BCUT2D eigenvalue weighted by atomic mass is 10.1.